The zero-order chi connectivity index (χ0) is 12.0. The van der Waals surface area contributed by atoms with Crippen LogP contribution in [0.3, 0.4) is 0 Å². The molecule has 0 aromatic heterocycles. The van der Waals surface area contributed by atoms with Gasteiger partial charge in [-0.05, 0) is 12.5 Å². The van der Waals surface area contributed by atoms with Crippen LogP contribution in [0.2, 0.25) is 0 Å². The lowest BCUT2D eigenvalue weighted by atomic mass is 10.1. The molecule has 16 heavy (non-hydrogen) atoms. The molecule has 2 unspecified atom stereocenters. The molecule has 3 nitrogen and oxygen atoms in total. The lowest BCUT2D eigenvalue weighted by molar-refractivity contribution is -0.120. The topological polar surface area (TPSA) is 52.9 Å². The van der Waals surface area contributed by atoms with Gasteiger partial charge in [0, 0.05) is 6.54 Å². The lowest BCUT2D eigenvalue weighted by Crippen LogP contribution is -2.30. The van der Waals surface area contributed by atoms with Gasteiger partial charge in [0.25, 0.3) is 0 Å². The summed E-state index contributed by atoms with van der Waals surface area (Å²) in [5, 5.41) is 10.5. The van der Waals surface area contributed by atoms with Crippen LogP contribution in [0.5, 0.6) is 0 Å². The van der Waals surface area contributed by atoms with Crippen molar-refractivity contribution in [1.82, 2.24) is 5.32 Å². The molecule has 0 heterocycles. The summed E-state index contributed by atoms with van der Waals surface area (Å²) in [6.07, 6.45) is 0. The predicted molar refractivity (Wildman–Crippen MR) is 62.8 cm³/mol. The number of alkyl halides is 1. The van der Waals surface area contributed by atoms with Crippen molar-refractivity contribution in [3.05, 3.63) is 35.9 Å². The molecule has 1 aromatic carbocycles. The van der Waals surface area contributed by atoms with Crippen LogP contribution in [0.25, 0.3) is 0 Å². The number of nitrogens with zero attached hydrogens (tertiary/aromatic N) is 1. The molecule has 4 heteroatoms. The van der Waals surface area contributed by atoms with Crippen LogP contribution in [-0.4, -0.2) is 12.5 Å². The third kappa shape index (κ3) is 3.56. The van der Waals surface area contributed by atoms with E-state index in [-0.39, 0.29) is 11.8 Å². The molecular weight excluding hydrogens is 224 g/mol. The van der Waals surface area contributed by atoms with Gasteiger partial charge in [-0.25, -0.2) is 0 Å². The average Bonchev–Trinajstić information content (AvgIpc) is 2.35. The molecule has 0 bridgehead atoms. The first kappa shape index (κ1) is 12.5. The molecule has 1 rings (SSSR count). The monoisotopic (exact) mass is 236 g/mol. The minimum absolute atomic E-state index is 0.205. The highest BCUT2D eigenvalue weighted by atomic mass is 35.5. The molecule has 0 aliphatic heterocycles. The molecule has 0 aliphatic rings. The molecule has 1 N–H and O–H groups in total. The van der Waals surface area contributed by atoms with Gasteiger partial charge in [-0.1, -0.05) is 30.3 Å². The number of halogens is 1. The van der Waals surface area contributed by atoms with Crippen LogP contribution in [0.4, 0.5) is 0 Å². The van der Waals surface area contributed by atoms with E-state index >= 15 is 0 Å². The Morgan fingerprint density at radius 3 is 2.69 bits per heavy atom. The minimum Gasteiger partial charge on any atom is -0.353 e. The second-order valence-corrected chi connectivity index (χ2v) is 3.98. The maximum atomic E-state index is 11.6. The molecule has 0 saturated carbocycles. The Hall–Kier alpha value is -1.53. The van der Waals surface area contributed by atoms with Crippen molar-refractivity contribution in [2.75, 3.05) is 6.54 Å². The summed E-state index contributed by atoms with van der Waals surface area (Å²) in [5.74, 6) is -0.474. The minimum atomic E-state index is -0.702. The fourth-order valence-corrected chi connectivity index (χ4v) is 1.38. The maximum absolute atomic E-state index is 11.6. The summed E-state index contributed by atoms with van der Waals surface area (Å²) >= 11 is 5.99. The average molecular weight is 237 g/mol. The van der Waals surface area contributed by atoms with Crippen LogP contribution in [0.1, 0.15) is 17.9 Å². The summed E-state index contributed by atoms with van der Waals surface area (Å²) < 4.78 is 0. The third-order valence-electron chi connectivity index (χ3n) is 2.13. The molecule has 0 aliphatic carbocycles. The molecule has 0 saturated heterocycles. The summed E-state index contributed by atoms with van der Waals surface area (Å²) in [6, 6.07) is 11.2. The van der Waals surface area contributed by atoms with E-state index < -0.39 is 5.38 Å². The van der Waals surface area contributed by atoms with Gasteiger partial charge in [-0.3, -0.25) is 4.79 Å². The predicted octanol–water partition coefficient (Wildman–Crippen LogP) is 2.24. The van der Waals surface area contributed by atoms with Crippen LogP contribution in [0, 0.1) is 17.2 Å². The van der Waals surface area contributed by atoms with Crippen LogP contribution in [0.15, 0.2) is 30.3 Å². The van der Waals surface area contributed by atoms with Gasteiger partial charge in [-0.2, -0.15) is 5.26 Å². The van der Waals surface area contributed by atoms with Crippen LogP contribution < -0.4 is 5.32 Å². The quantitative estimate of drug-likeness (QED) is 0.816. The fraction of sp³-hybridized carbons (Fsp3) is 0.333. The second kappa shape index (κ2) is 6.14. The van der Waals surface area contributed by atoms with Crippen LogP contribution >= 0.6 is 11.6 Å². The van der Waals surface area contributed by atoms with Crippen molar-refractivity contribution in [3.8, 4) is 6.07 Å². The highest BCUT2D eigenvalue weighted by molar-refractivity contribution is 6.30. The number of nitrogens with one attached hydrogen (secondary N) is 1. The van der Waals surface area contributed by atoms with Crippen molar-refractivity contribution >= 4 is 17.5 Å². The van der Waals surface area contributed by atoms with E-state index in [9.17, 15) is 4.79 Å². The van der Waals surface area contributed by atoms with Gasteiger partial charge in [0.2, 0.25) is 5.91 Å². The molecular formula is C12H13ClN2O. The van der Waals surface area contributed by atoms with Gasteiger partial charge in [0.15, 0.2) is 0 Å². The first-order valence-electron chi connectivity index (χ1n) is 5.01. The number of hydrogen-bond acceptors (Lipinski definition) is 2. The van der Waals surface area contributed by atoms with E-state index in [4.69, 9.17) is 16.9 Å². The highest BCUT2D eigenvalue weighted by Crippen LogP contribution is 2.19. The number of rotatable bonds is 4. The van der Waals surface area contributed by atoms with E-state index in [2.05, 4.69) is 5.32 Å². The second-order valence-electron chi connectivity index (χ2n) is 3.55. The van der Waals surface area contributed by atoms with Crippen molar-refractivity contribution in [2.24, 2.45) is 5.92 Å². The number of nitriles is 1. The standard InChI is InChI=1S/C12H13ClN2O/c1-9(7-14)8-15-12(16)11(13)10-5-3-2-4-6-10/h2-6,9,11H,8H2,1H3,(H,15,16). The number of carbonyl (C=O) groups excluding carboxylic acids is 1. The van der Waals surface area contributed by atoms with E-state index in [0.29, 0.717) is 6.54 Å². The summed E-state index contributed by atoms with van der Waals surface area (Å²) in [7, 11) is 0. The van der Waals surface area contributed by atoms with Gasteiger partial charge < -0.3 is 5.32 Å². The number of carbonyl (C=O) groups is 1. The Balaban J connectivity index is 2.53. The van der Waals surface area contributed by atoms with Crippen LogP contribution in [-0.2, 0) is 4.79 Å². The Bertz CT molecular complexity index is 386. The normalized spacial score (nSPS) is 13.6. The fourth-order valence-electron chi connectivity index (χ4n) is 1.16. The smallest absolute Gasteiger partial charge is 0.242 e. The molecule has 1 aromatic rings. The molecule has 1 amide bonds. The van der Waals surface area contributed by atoms with Gasteiger partial charge in [-0.15, -0.1) is 11.6 Å². The molecule has 0 fully saturated rings. The summed E-state index contributed by atoms with van der Waals surface area (Å²) in [4.78, 5) is 11.6. The number of amides is 1. The molecule has 0 spiro atoms. The van der Waals surface area contributed by atoms with Crippen molar-refractivity contribution in [1.29, 1.82) is 5.26 Å². The Morgan fingerprint density at radius 2 is 2.12 bits per heavy atom. The Labute approximate surface area is 100 Å². The lowest BCUT2D eigenvalue weighted by Gasteiger charge is -2.11. The summed E-state index contributed by atoms with van der Waals surface area (Å²) in [6.45, 7) is 2.07. The highest BCUT2D eigenvalue weighted by Gasteiger charge is 2.17. The molecule has 2 atom stereocenters. The SMILES string of the molecule is CC(C#N)CNC(=O)C(Cl)c1ccccc1. The van der Waals surface area contributed by atoms with E-state index in [1.54, 1.807) is 19.1 Å². The van der Waals surface area contributed by atoms with Gasteiger partial charge >= 0.3 is 0 Å². The van der Waals surface area contributed by atoms with E-state index in [1.165, 1.54) is 0 Å². The van der Waals surface area contributed by atoms with Crippen molar-refractivity contribution < 1.29 is 4.79 Å². The number of hydrogen-bond donors (Lipinski definition) is 1. The maximum Gasteiger partial charge on any atom is 0.242 e. The summed E-state index contributed by atoms with van der Waals surface area (Å²) in [5.41, 5.74) is 0.756. The van der Waals surface area contributed by atoms with Crippen molar-refractivity contribution in [3.63, 3.8) is 0 Å². The largest absolute Gasteiger partial charge is 0.353 e. The van der Waals surface area contributed by atoms with Gasteiger partial charge in [0.1, 0.15) is 5.38 Å². The molecule has 84 valence electrons. The third-order valence-corrected chi connectivity index (χ3v) is 2.58. The zero-order valence-electron chi connectivity index (χ0n) is 8.98. The van der Waals surface area contributed by atoms with Gasteiger partial charge in [0.05, 0.1) is 12.0 Å². The first-order chi connectivity index (χ1) is 7.65. The van der Waals surface area contributed by atoms with E-state index in [1.807, 2.05) is 24.3 Å². The molecule has 0 radical (unpaired) electrons. The zero-order valence-corrected chi connectivity index (χ0v) is 9.74. The Morgan fingerprint density at radius 1 is 1.50 bits per heavy atom. The first-order valence-corrected chi connectivity index (χ1v) is 5.45. The number of benzene rings is 1. The Kier molecular flexibility index (Phi) is 4.81. The van der Waals surface area contributed by atoms with E-state index in [0.717, 1.165) is 5.56 Å². The van der Waals surface area contributed by atoms with Crippen molar-refractivity contribution in [2.45, 2.75) is 12.3 Å².